The van der Waals surface area contributed by atoms with Gasteiger partial charge in [-0.3, -0.25) is 9.69 Å². The summed E-state index contributed by atoms with van der Waals surface area (Å²) in [4.78, 5) is 15.1. The number of carbonyl (C=O) groups excluding carboxylic acids is 1. The Balaban J connectivity index is 1.36. The monoisotopic (exact) mass is 340 g/mol. The highest BCUT2D eigenvalue weighted by atomic mass is 16.2. The highest BCUT2D eigenvalue weighted by molar-refractivity contribution is 5.78. The van der Waals surface area contributed by atoms with Crippen LogP contribution in [0.2, 0.25) is 0 Å². The highest BCUT2D eigenvalue weighted by Crippen LogP contribution is 2.39. The van der Waals surface area contributed by atoms with E-state index in [2.05, 4.69) is 42.3 Å². The van der Waals surface area contributed by atoms with Gasteiger partial charge in [-0.25, -0.2) is 0 Å². The molecule has 3 aliphatic carbocycles. The molecule has 2 saturated carbocycles. The molecule has 2 unspecified atom stereocenters. The van der Waals surface area contributed by atoms with Gasteiger partial charge in [-0.1, -0.05) is 18.2 Å². The van der Waals surface area contributed by atoms with Crippen molar-refractivity contribution in [2.24, 2.45) is 5.92 Å². The molecular formula is C22H32N2O. The van der Waals surface area contributed by atoms with E-state index in [-0.39, 0.29) is 11.9 Å². The molecule has 136 valence electrons. The molecule has 25 heavy (non-hydrogen) atoms. The Kier molecular flexibility index (Phi) is 4.86. The first-order chi connectivity index (χ1) is 12.1. The third-order valence-electron chi connectivity index (χ3n) is 6.42. The van der Waals surface area contributed by atoms with Gasteiger partial charge in [-0.05, 0) is 87.8 Å². The molecule has 0 spiro atoms. The van der Waals surface area contributed by atoms with Crippen molar-refractivity contribution in [1.82, 2.24) is 10.2 Å². The van der Waals surface area contributed by atoms with Crippen LogP contribution in [0.25, 0.3) is 0 Å². The Morgan fingerprint density at radius 3 is 2.52 bits per heavy atom. The van der Waals surface area contributed by atoms with Crippen LogP contribution in [0.4, 0.5) is 0 Å². The van der Waals surface area contributed by atoms with Crippen LogP contribution in [0.3, 0.4) is 0 Å². The maximum Gasteiger partial charge on any atom is 0.234 e. The topological polar surface area (TPSA) is 32.3 Å². The van der Waals surface area contributed by atoms with Gasteiger partial charge in [-0.15, -0.1) is 0 Å². The normalized spacial score (nSPS) is 22.4. The van der Waals surface area contributed by atoms with Gasteiger partial charge in [0.15, 0.2) is 0 Å². The van der Waals surface area contributed by atoms with Crippen LogP contribution in [0.1, 0.15) is 75.1 Å². The fraction of sp³-hybridized carbons (Fsp3) is 0.682. The molecule has 0 bridgehead atoms. The highest BCUT2D eigenvalue weighted by Gasteiger charge is 2.39. The van der Waals surface area contributed by atoms with Crippen molar-refractivity contribution in [2.75, 3.05) is 6.54 Å². The van der Waals surface area contributed by atoms with Crippen LogP contribution in [-0.2, 0) is 17.6 Å². The third kappa shape index (κ3) is 4.08. The molecule has 0 radical (unpaired) electrons. The zero-order valence-electron chi connectivity index (χ0n) is 15.8. The van der Waals surface area contributed by atoms with E-state index in [1.54, 1.807) is 0 Å². The van der Waals surface area contributed by atoms with E-state index in [1.807, 2.05) is 0 Å². The molecule has 3 heteroatoms. The third-order valence-corrected chi connectivity index (χ3v) is 6.42. The largest absolute Gasteiger partial charge is 0.348 e. The minimum Gasteiger partial charge on any atom is -0.348 e. The van der Waals surface area contributed by atoms with E-state index in [1.165, 1.54) is 68.1 Å². The average molecular weight is 341 g/mol. The molecular weight excluding hydrogens is 308 g/mol. The lowest BCUT2D eigenvalue weighted by atomic mass is 9.89. The molecule has 1 aromatic carbocycles. The quantitative estimate of drug-likeness (QED) is 0.813. The number of carbonyl (C=O) groups is 1. The van der Waals surface area contributed by atoms with Crippen LogP contribution in [0, 0.1) is 5.92 Å². The van der Waals surface area contributed by atoms with Gasteiger partial charge in [0.1, 0.15) is 0 Å². The van der Waals surface area contributed by atoms with Gasteiger partial charge in [0, 0.05) is 12.1 Å². The minimum atomic E-state index is 0.0945. The summed E-state index contributed by atoms with van der Waals surface area (Å²) >= 11 is 0. The first-order valence-corrected chi connectivity index (χ1v) is 10.3. The van der Waals surface area contributed by atoms with Crippen molar-refractivity contribution in [2.45, 2.75) is 83.3 Å². The van der Waals surface area contributed by atoms with Crippen molar-refractivity contribution in [3.05, 3.63) is 34.9 Å². The van der Waals surface area contributed by atoms with E-state index in [4.69, 9.17) is 0 Å². The number of benzene rings is 1. The molecule has 3 aliphatic rings. The van der Waals surface area contributed by atoms with Crippen LogP contribution in [-0.4, -0.2) is 29.4 Å². The summed E-state index contributed by atoms with van der Waals surface area (Å²) in [7, 11) is 0. The van der Waals surface area contributed by atoms with Crippen LogP contribution in [0.5, 0.6) is 0 Å². The summed E-state index contributed by atoms with van der Waals surface area (Å²) in [5.74, 6) is 1.01. The van der Waals surface area contributed by atoms with Crippen molar-refractivity contribution < 1.29 is 4.79 Å². The predicted octanol–water partition coefficient (Wildman–Crippen LogP) is 4.01. The minimum absolute atomic E-state index is 0.0945. The predicted molar refractivity (Wildman–Crippen MR) is 102 cm³/mol. The maximum atomic E-state index is 12.7. The summed E-state index contributed by atoms with van der Waals surface area (Å²) in [5, 5.41) is 3.25. The SMILES string of the molecule is CC(NC(=O)CN(C1CC1)C(C)C1CC1)c1ccc2c(c1)CCCC2. The average Bonchev–Trinajstić information content (AvgIpc) is 3.50. The standard InChI is InChI=1S/C22H32N2O/c1-15(19-10-9-18-5-3-4-6-20(18)13-19)23-22(25)14-24(21-11-12-21)16(2)17-7-8-17/h9-10,13,15-17,21H,3-8,11-12,14H2,1-2H3,(H,23,25). The van der Waals surface area contributed by atoms with Crippen LogP contribution >= 0.6 is 0 Å². The Morgan fingerprint density at radius 1 is 1.12 bits per heavy atom. The summed E-state index contributed by atoms with van der Waals surface area (Å²) in [5.41, 5.74) is 4.25. The van der Waals surface area contributed by atoms with E-state index >= 15 is 0 Å². The first-order valence-electron chi connectivity index (χ1n) is 10.3. The second kappa shape index (κ2) is 7.11. The Bertz CT molecular complexity index is 633. The molecule has 0 aromatic heterocycles. The summed E-state index contributed by atoms with van der Waals surface area (Å²) in [6.07, 6.45) is 10.2. The van der Waals surface area contributed by atoms with Gasteiger partial charge >= 0.3 is 0 Å². The van der Waals surface area contributed by atoms with Crippen molar-refractivity contribution in [1.29, 1.82) is 0 Å². The van der Waals surface area contributed by atoms with E-state index in [0.717, 1.165) is 5.92 Å². The molecule has 0 heterocycles. The fourth-order valence-electron chi connectivity index (χ4n) is 4.42. The van der Waals surface area contributed by atoms with E-state index in [9.17, 15) is 4.79 Å². The molecule has 2 atom stereocenters. The zero-order valence-corrected chi connectivity index (χ0v) is 15.8. The van der Waals surface area contributed by atoms with Gasteiger partial charge in [0.25, 0.3) is 0 Å². The number of rotatable bonds is 7. The van der Waals surface area contributed by atoms with E-state index in [0.29, 0.717) is 18.6 Å². The van der Waals surface area contributed by atoms with Gasteiger partial charge in [0.05, 0.1) is 12.6 Å². The fourth-order valence-corrected chi connectivity index (χ4v) is 4.42. The molecule has 2 fully saturated rings. The molecule has 0 saturated heterocycles. The molecule has 1 aromatic rings. The summed E-state index contributed by atoms with van der Waals surface area (Å²) in [6.45, 7) is 5.00. The summed E-state index contributed by atoms with van der Waals surface area (Å²) in [6, 6.07) is 8.12. The maximum absolute atomic E-state index is 12.7. The zero-order chi connectivity index (χ0) is 17.4. The number of fused-ring (bicyclic) bond motifs is 1. The Labute approximate surface area is 152 Å². The van der Waals surface area contributed by atoms with Gasteiger partial charge in [-0.2, -0.15) is 0 Å². The van der Waals surface area contributed by atoms with Crippen molar-refractivity contribution >= 4 is 5.91 Å². The van der Waals surface area contributed by atoms with Crippen LogP contribution < -0.4 is 5.32 Å². The van der Waals surface area contributed by atoms with Crippen LogP contribution in [0.15, 0.2) is 18.2 Å². The first kappa shape index (κ1) is 17.1. The van der Waals surface area contributed by atoms with Crippen molar-refractivity contribution in [3.8, 4) is 0 Å². The molecule has 3 nitrogen and oxygen atoms in total. The molecule has 4 rings (SSSR count). The van der Waals surface area contributed by atoms with Gasteiger partial charge in [0.2, 0.25) is 5.91 Å². The van der Waals surface area contributed by atoms with E-state index < -0.39 is 0 Å². The van der Waals surface area contributed by atoms with Crippen molar-refractivity contribution in [3.63, 3.8) is 0 Å². The van der Waals surface area contributed by atoms with Gasteiger partial charge < -0.3 is 5.32 Å². The second-order valence-corrected chi connectivity index (χ2v) is 8.51. The number of nitrogens with zero attached hydrogens (tertiary/aromatic N) is 1. The Hall–Kier alpha value is -1.35. The smallest absolute Gasteiger partial charge is 0.234 e. The molecule has 1 N–H and O–H groups in total. The molecule has 0 aliphatic heterocycles. The number of hydrogen-bond donors (Lipinski definition) is 1. The summed E-state index contributed by atoms with van der Waals surface area (Å²) < 4.78 is 0. The number of hydrogen-bond acceptors (Lipinski definition) is 2. The number of nitrogens with one attached hydrogen (secondary N) is 1. The lowest BCUT2D eigenvalue weighted by molar-refractivity contribution is -0.123. The lowest BCUT2D eigenvalue weighted by Crippen LogP contribution is -2.44. The Morgan fingerprint density at radius 2 is 1.84 bits per heavy atom. The number of aryl methyl sites for hydroxylation is 2. The number of amides is 1. The lowest BCUT2D eigenvalue weighted by Gasteiger charge is -2.29. The second-order valence-electron chi connectivity index (χ2n) is 8.51. The molecule has 1 amide bonds.